The Kier molecular flexibility index (Phi) is 4.90. The van der Waals surface area contributed by atoms with Gasteiger partial charge in [-0.25, -0.2) is 0 Å². The first-order valence-corrected chi connectivity index (χ1v) is 7.30. The summed E-state index contributed by atoms with van der Waals surface area (Å²) >= 11 is 6.01. The van der Waals surface area contributed by atoms with Gasteiger partial charge in [-0.3, -0.25) is 0 Å². The Bertz CT molecular complexity index is 392. The SMILES string of the molecule is CCCNCC1CCN(c2ccc(Cl)cc2C)C1. The normalized spacial score (nSPS) is 19.5. The second-order valence-electron chi connectivity index (χ2n) is 5.24. The molecule has 1 aliphatic rings. The predicted molar refractivity (Wildman–Crippen MR) is 79.7 cm³/mol. The summed E-state index contributed by atoms with van der Waals surface area (Å²) < 4.78 is 0. The van der Waals surface area contributed by atoms with Gasteiger partial charge < -0.3 is 10.2 Å². The van der Waals surface area contributed by atoms with Crippen molar-refractivity contribution in [2.45, 2.75) is 26.7 Å². The fourth-order valence-electron chi connectivity index (χ4n) is 2.67. The fourth-order valence-corrected chi connectivity index (χ4v) is 2.90. The van der Waals surface area contributed by atoms with Gasteiger partial charge in [0.05, 0.1) is 0 Å². The van der Waals surface area contributed by atoms with Crippen LogP contribution in [0.15, 0.2) is 18.2 Å². The van der Waals surface area contributed by atoms with Crippen molar-refractivity contribution in [3.8, 4) is 0 Å². The van der Waals surface area contributed by atoms with E-state index >= 15 is 0 Å². The lowest BCUT2D eigenvalue weighted by Crippen LogP contribution is -2.27. The van der Waals surface area contributed by atoms with Gasteiger partial charge in [-0.2, -0.15) is 0 Å². The number of rotatable bonds is 5. The van der Waals surface area contributed by atoms with E-state index in [1.165, 1.54) is 37.2 Å². The van der Waals surface area contributed by atoms with Crippen molar-refractivity contribution in [2.75, 3.05) is 31.1 Å². The van der Waals surface area contributed by atoms with Crippen molar-refractivity contribution in [3.63, 3.8) is 0 Å². The zero-order chi connectivity index (χ0) is 13.0. The van der Waals surface area contributed by atoms with Crippen LogP contribution < -0.4 is 10.2 Å². The molecule has 0 aliphatic carbocycles. The molecular weight excluding hydrogens is 244 g/mol. The summed E-state index contributed by atoms with van der Waals surface area (Å²) in [5, 5.41) is 4.36. The zero-order valence-electron chi connectivity index (χ0n) is 11.4. The van der Waals surface area contributed by atoms with Crippen LogP contribution >= 0.6 is 11.6 Å². The second kappa shape index (κ2) is 6.44. The van der Waals surface area contributed by atoms with Crippen LogP contribution in [-0.2, 0) is 0 Å². The van der Waals surface area contributed by atoms with Crippen molar-refractivity contribution < 1.29 is 0 Å². The molecule has 1 saturated heterocycles. The van der Waals surface area contributed by atoms with Crippen molar-refractivity contribution in [1.29, 1.82) is 0 Å². The van der Waals surface area contributed by atoms with Crippen molar-refractivity contribution in [3.05, 3.63) is 28.8 Å². The van der Waals surface area contributed by atoms with Crippen LogP contribution in [-0.4, -0.2) is 26.2 Å². The molecule has 0 saturated carbocycles. The van der Waals surface area contributed by atoms with Gasteiger partial charge in [0, 0.05) is 23.8 Å². The number of halogens is 1. The maximum Gasteiger partial charge on any atom is 0.0410 e. The van der Waals surface area contributed by atoms with E-state index in [9.17, 15) is 0 Å². The van der Waals surface area contributed by atoms with Crippen LogP contribution in [0.4, 0.5) is 5.69 Å². The molecule has 1 unspecified atom stereocenters. The number of benzene rings is 1. The highest BCUT2D eigenvalue weighted by atomic mass is 35.5. The van der Waals surface area contributed by atoms with E-state index in [2.05, 4.69) is 36.2 Å². The molecule has 0 amide bonds. The quantitative estimate of drug-likeness (QED) is 0.821. The van der Waals surface area contributed by atoms with Gasteiger partial charge in [0.1, 0.15) is 0 Å². The number of anilines is 1. The van der Waals surface area contributed by atoms with Gasteiger partial charge in [0.25, 0.3) is 0 Å². The Morgan fingerprint density at radius 3 is 3.00 bits per heavy atom. The lowest BCUT2D eigenvalue weighted by Gasteiger charge is -2.21. The minimum absolute atomic E-state index is 0.784. The molecular formula is C15H23ClN2. The van der Waals surface area contributed by atoms with E-state index in [4.69, 9.17) is 11.6 Å². The smallest absolute Gasteiger partial charge is 0.0410 e. The first-order valence-electron chi connectivity index (χ1n) is 6.92. The summed E-state index contributed by atoms with van der Waals surface area (Å²) in [6.07, 6.45) is 2.51. The molecule has 0 spiro atoms. The summed E-state index contributed by atoms with van der Waals surface area (Å²) in [5.74, 6) is 0.784. The van der Waals surface area contributed by atoms with Crippen LogP contribution in [0.5, 0.6) is 0 Å². The third kappa shape index (κ3) is 3.39. The minimum atomic E-state index is 0.784. The number of hydrogen-bond donors (Lipinski definition) is 1. The van der Waals surface area contributed by atoms with Crippen LogP contribution in [0.2, 0.25) is 5.02 Å². The van der Waals surface area contributed by atoms with E-state index in [0.29, 0.717) is 0 Å². The molecule has 3 heteroatoms. The number of nitrogens with zero attached hydrogens (tertiary/aromatic N) is 1. The van der Waals surface area contributed by atoms with E-state index in [-0.39, 0.29) is 0 Å². The van der Waals surface area contributed by atoms with Crippen molar-refractivity contribution in [2.24, 2.45) is 5.92 Å². The summed E-state index contributed by atoms with van der Waals surface area (Å²) in [6, 6.07) is 6.20. The molecule has 2 rings (SSSR count). The number of hydrogen-bond acceptors (Lipinski definition) is 2. The zero-order valence-corrected chi connectivity index (χ0v) is 12.1. The Morgan fingerprint density at radius 1 is 1.44 bits per heavy atom. The summed E-state index contributed by atoms with van der Waals surface area (Å²) in [6.45, 7) is 8.97. The Morgan fingerprint density at radius 2 is 2.28 bits per heavy atom. The van der Waals surface area contributed by atoms with E-state index < -0.39 is 0 Å². The largest absolute Gasteiger partial charge is 0.371 e. The lowest BCUT2D eigenvalue weighted by atomic mass is 10.1. The average molecular weight is 267 g/mol. The summed E-state index contributed by atoms with van der Waals surface area (Å²) in [4.78, 5) is 2.49. The minimum Gasteiger partial charge on any atom is -0.371 e. The molecule has 1 N–H and O–H groups in total. The summed E-state index contributed by atoms with van der Waals surface area (Å²) in [7, 11) is 0. The molecule has 1 atom stereocenters. The van der Waals surface area contributed by atoms with Crippen molar-refractivity contribution in [1.82, 2.24) is 5.32 Å². The number of aryl methyl sites for hydroxylation is 1. The maximum absolute atomic E-state index is 6.01. The molecule has 1 fully saturated rings. The Labute approximate surface area is 115 Å². The monoisotopic (exact) mass is 266 g/mol. The second-order valence-corrected chi connectivity index (χ2v) is 5.67. The first-order chi connectivity index (χ1) is 8.70. The standard InChI is InChI=1S/C15H23ClN2/c1-3-7-17-10-13-6-8-18(11-13)15-5-4-14(16)9-12(15)2/h4-5,9,13,17H,3,6-8,10-11H2,1-2H3. The molecule has 0 aromatic heterocycles. The Balaban J connectivity index is 1.91. The van der Waals surface area contributed by atoms with Gasteiger partial charge in [0.15, 0.2) is 0 Å². The maximum atomic E-state index is 6.01. The van der Waals surface area contributed by atoms with Gasteiger partial charge in [-0.1, -0.05) is 18.5 Å². The van der Waals surface area contributed by atoms with Gasteiger partial charge in [0.2, 0.25) is 0 Å². The van der Waals surface area contributed by atoms with Gasteiger partial charge >= 0.3 is 0 Å². The molecule has 2 nitrogen and oxygen atoms in total. The number of nitrogens with one attached hydrogen (secondary N) is 1. The highest BCUT2D eigenvalue weighted by molar-refractivity contribution is 6.30. The highest BCUT2D eigenvalue weighted by Crippen LogP contribution is 2.28. The lowest BCUT2D eigenvalue weighted by molar-refractivity contribution is 0.516. The first kappa shape index (κ1) is 13.7. The van der Waals surface area contributed by atoms with Crippen LogP contribution in [0, 0.1) is 12.8 Å². The summed E-state index contributed by atoms with van der Waals surface area (Å²) in [5.41, 5.74) is 2.63. The Hall–Kier alpha value is -0.730. The molecule has 18 heavy (non-hydrogen) atoms. The van der Waals surface area contributed by atoms with Crippen molar-refractivity contribution >= 4 is 17.3 Å². The molecule has 100 valence electrons. The van der Waals surface area contributed by atoms with E-state index in [1.807, 2.05) is 6.07 Å². The molecule has 1 aliphatic heterocycles. The van der Waals surface area contributed by atoms with Crippen LogP contribution in [0.25, 0.3) is 0 Å². The molecule has 0 radical (unpaired) electrons. The molecule has 1 aromatic rings. The molecule has 1 aromatic carbocycles. The predicted octanol–water partition coefficient (Wildman–Crippen LogP) is 3.47. The van der Waals surface area contributed by atoms with Crippen LogP contribution in [0.1, 0.15) is 25.3 Å². The molecule has 0 bridgehead atoms. The topological polar surface area (TPSA) is 15.3 Å². The van der Waals surface area contributed by atoms with Gasteiger partial charge in [-0.05, 0) is 62.5 Å². The fraction of sp³-hybridized carbons (Fsp3) is 0.600. The van der Waals surface area contributed by atoms with Gasteiger partial charge in [-0.15, -0.1) is 0 Å². The van der Waals surface area contributed by atoms with E-state index in [1.54, 1.807) is 0 Å². The highest BCUT2D eigenvalue weighted by Gasteiger charge is 2.23. The third-order valence-corrected chi connectivity index (χ3v) is 3.88. The van der Waals surface area contributed by atoms with Crippen LogP contribution in [0.3, 0.4) is 0 Å². The third-order valence-electron chi connectivity index (χ3n) is 3.65. The van der Waals surface area contributed by atoms with E-state index in [0.717, 1.165) is 24.0 Å². The average Bonchev–Trinajstić information content (AvgIpc) is 2.78. The molecule has 1 heterocycles.